The molecule has 0 aromatic carbocycles. The summed E-state index contributed by atoms with van der Waals surface area (Å²) in [4.78, 5) is 0. The largest absolute Gasteiger partial charge is 0.416 e. The smallest absolute Gasteiger partial charge is 0.317 e. The van der Waals surface area contributed by atoms with Crippen molar-refractivity contribution in [3.05, 3.63) is 0 Å². The molecule has 6 saturated carbocycles. The lowest BCUT2D eigenvalue weighted by molar-refractivity contribution is 0.211. The van der Waals surface area contributed by atoms with Gasteiger partial charge in [-0.3, -0.25) is 0 Å². The lowest BCUT2D eigenvalue weighted by Crippen LogP contribution is -2.66. The molecule has 4 saturated heterocycles. The van der Waals surface area contributed by atoms with E-state index in [-0.39, 0.29) is 0 Å². The molecule has 43 heavy (non-hydrogen) atoms. The molecule has 6 aliphatic carbocycles. The van der Waals surface area contributed by atoms with Gasteiger partial charge >= 0.3 is 34.2 Å². The van der Waals surface area contributed by atoms with Crippen LogP contribution in [0.1, 0.15) is 57.8 Å². The van der Waals surface area contributed by atoms with Crippen LogP contribution in [0.25, 0.3) is 0 Å². The van der Waals surface area contributed by atoms with Crippen molar-refractivity contribution in [3.8, 4) is 0 Å². The number of epoxide rings is 3. The summed E-state index contributed by atoms with van der Waals surface area (Å²) in [5.74, 6) is 7.16. The van der Waals surface area contributed by atoms with Gasteiger partial charge in [-0.1, -0.05) is 0 Å². The first-order valence-electron chi connectivity index (χ1n) is 18.2. The predicted octanol–water partition coefficient (Wildman–Crippen LogP) is 6.42. The Bertz CT molecular complexity index is 1110. The molecule has 6 bridgehead atoms. The van der Waals surface area contributed by atoms with Crippen LogP contribution in [0, 0.1) is 53.3 Å². The minimum atomic E-state index is -2.55. The molecule has 0 aromatic rings. The molecule has 10 aliphatic rings. The van der Waals surface area contributed by atoms with Crippen LogP contribution in [0.2, 0.25) is 50.9 Å². The van der Waals surface area contributed by atoms with Crippen molar-refractivity contribution in [3.63, 3.8) is 0 Å². The number of hydrogen-bond acceptors (Lipinski definition) is 7. The normalized spacial score (nSPS) is 62.6. The van der Waals surface area contributed by atoms with E-state index in [0.29, 0.717) is 36.6 Å². The third-order valence-electron chi connectivity index (χ3n) is 14.4. The van der Waals surface area contributed by atoms with Crippen molar-refractivity contribution in [1.82, 2.24) is 0 Å². The Morgan fingerprint density at radius 3 is 1.05 bits per heavy atom. The van der Waals surface area contributed by atoms with Crippen LogP contribution in [-0.4, -0.2) is 70.9 Å². The van der Waals surface area contributed by atoms with E-state index in [9.17, 15) is 0 Å². The Morgan fingerprint density at radius 2 is 0.744 bits per heavy atom. The first-order chi connectivity index (χ1) is 20.5. The minimum Gasteiger partial charge on any atom is -0.416 e. The molecule has 10 fully saturated rings. The molecule has 0 aromatic heterocycles. The van der Waals surface area contributed by atoms with Gasteiger partial charge in [0, 0.05) is 0 Å². The van der Waals surface area contributed by atoms with Crippen molar-refractivity contribution in [2.75, 3.05) is 0 Å². The molecule has 17 atom stereocenters. The van der Waals surface area contributed by atoms with Gasteiger partial charge in [-0.15, -0.1) is 0 Å². The summed E-state index contributed by atoms with van der Waals surface area (Å²) in [5, 5.41) is 0. The summed E-state index contributed by atoms with van der Waals surface area (Å²) in [5.41, 5.74) is 0. The summed E-state index contributed by atoms with van der Waals surface area (Å²) < 4.78 is 47.7. The second kappa shape index (κ2) is 9.39. The predicted molar refractivity (Wildman–Crippen MR) is 170 cm³/mol. The summed E-state index contributed by atoms with van der Waals surface area (Å²) >= 11 is 0. The van der Waals surface area contributed by atoms with E-state index >= 15 is 0 Å². The fourth-order valence-corrected chi connectivity index (χ4v) is 35.8. The zero-order valence-corrected chi connectivity index (χ0v) is 31.0. The topological polar surface area (TPSA) is 74.5 Å². The lowest BCUT2D eigenvalue weighted by atomic mass is 9.87. The van der Waals surface area contributed by atoms with E-state index in [0.717, 1.165) is 71.4 Å². The van der Waals surface area contributed by atoms with Crippen molar-refractivity contribution in [2.24, 2.45) is 53.3 Å². The van der Waals surface area contributed by atoms with E-state index in [1.807, 2.05) is 0 Å². The van der Waals surface area contributed by atoms with E-state index in [4.69, 9.17) is 30.7 Å². The summed E-state index contributed by atoms with van der Waals surface area (Å²) in [6.45, 7) is 11.7. The van der Waals surface area contributed by atoms with Gasteiger partial charge in [-0.25, -0.2) is 0 Å². The highest BCUT2D eigenvalue weighted by Crippen LogP contribution is 2.62. The number of ether oxygens (including phenoxy) is 3. The molecule has 10 rings (SSSR count). The fourth-order valence-electron chi connectivity index (χ4n) is 12.9. The molecule has 0 amide bonds. The highest BCUT2D eigenvalue weighted by Gasteiger charge is 2.66. The quantitative estimate of drug-likeness (QED) is 0.208. The third-order valence-corrected chi connectivity index (χ3v) is 32.3. The fraction of sp³-hybridized carbons (Fsp3) is 1.00. The van der Waals surface area contributed by atoms with Crippen LogP contribution >= 0.6 is 0 Å². The second-order valence-electron chi connectivity index (χ2n) is 18.0. The monoisotopic (exact) mass is 662 g/mol. The van der Waals surface area contributed by atoms with Gasteiger partial charge in [-0.05, 0) is 162 Å². The molecule has 0 spiro atoms. The lowest BCUT2D eigenvalue weighted by Gasteiger charge is -2.50. The number of fused-ring (bicyclic) bond motifs is 15. The molecule has 4 heterocycles. The molecule has 11 heteroatoms. The first-order valence-corrected chi connectivity index (χ1v) is 28.6. The van der Waals surface area contributed by atoms with Gasteiger partial charge in [0.25, 0.3) is 0 Å². The van der Waals surface area contributed by atoms with E-state index in [1.54, 1.807) is 0 Å². The average Bonchev–Trinajstić information content (AvgIpc) is 3.87. The van der Waals surface area contributed by atoms with Gasteiger partial charge in [0.15, 0.2) is 0 Å². The van der Waals surface area contributed by atoms with E-state index in [1.165, 1.54) is 57.8 Å². The average molecular weight is 663 g/mol. The van der Waals surface area contributed by atoms with Gasteiger partial charge in [0.05, 0.1) is 36.6 Å². The molecule has 0 radical (unpaired) electrons. The van der Waals surface area contributed by atoms with Crippen LogP contribution in [0.5, 0.6) is 0 Å². The molecule has 17 unspecified atom stereocenters. The Labute approximate surface area is 262 Å². The molecule has 240 valence electrons. The van der Waals surface area contributed by atoms with Crippen LogP contribution in [0.3, 0.4) is 0 Å². The molecule has 4 aliphatic heterocycles. The van der Waals surface area contributed by atoms with Gasteiger partial charge in [-0.2, -0.15) is 0 Å². The third kappa shape index (κ3) is 4.82. The summed E-state index contributed by atoms with van der Waals surface area (Å²) in [7, 11) is -9.99. The Hall–Kier alpha value is 0.588. The number of hydrogen-bond donors (Lipinski definition) is 0. The van der Waals surface area contributed by atoms with Crippen LogP contribution in [-0.2, 0) is 30.7 Å². The number of rotatable bonds is 9. The molecule has 7 nitrogen and oxygen atoms in total. The minimum absolute atomic E-state index is 0.573. The summed E-state index contributed by atoms with van der Waals surface area (Å²) in [6, 6.07) is 3.22. The van der Waals surface area contributed by atoms with E-state index in [2.05, 4.69) is 32.7 Å². The molecule has 0 N–H and O–H groups in total. The van der Waals surface area contributed by atoms with Crippen molar-refractivity contribution < 1.29 is 30.7 Å². The maximum atomic E-state index is 7.54. The van der Waals surface area contributed by atoms with Gasteiger partial charge in [0.2, 0.25) is 0 Å². The van der Waals surface area contributed by atoms with Gasteiger partial charge < -0.3 is 30.7 Å². The van der Waals surface area contributed by atoms with Crippen LogP contribution in [0.15, 0.2) is 0 Å². The zero-order chi connectivity index (χ0) is 29.1. The zero-order valence-electron chi connectivity index (χ0n) is 27.0. The standard InChI is InChI=1S/C32H54O7Si4/c1-40(2)36-41(3,9-6-18-12-21-15-24(18)30-27(21)33-30)38-43(5,11-8-20-14-23-17-26(20)32-29(23)35-32)39-42(4,37-40)10-7-19-13-22-16-25(19)31-28(22)34-31/h18-32H,6-17H2,1-5H3. The highest BCUT2D eigenvalue weighted by molar-refractivity contribution is 6.93. The second-order valence-corrected chi connectivity index (χ2v) is 32.4. The molecular formula is C32H54O7Si4. The Balaban J connectivity index is 0.868. The molecular weight excluding hydrogens is 609 g/mol. The van der Waals surface area contributed by atoms with Crippen molar-refractivity contribution >= 4 is 34.2 Å². The maximum absolute atomic E-state index is 7.54. The van der Waals surface area contributed by atoms with Gasteiger partial charge in [0.1, 0.15) is 0 Å². The Kier molecular flexibility index (Phi) is 6.24. The van der Waals surface area contributed by atoms with Crippen molar-refractivity contribution in [2.45, 2.75) is 145 Å². The van der Waals surface area contributed by atoms with Crippen LogP contribution in [0.4, 0.5) is 0 Å². The first kappa shape index (κ1) is 28.6. The maximum Gasteiger partial charge on any atom is 0.317 e. The van der Waals surface area contributed by atoms with E-state index < -0.39 is 34.2 Å². The Morgan fingerprint density at radius 1 is 0.419 bits per heavy atom. The SMILES string of the molecule is C[Si]1(C)O[Si](C)(CCC2CC3CC2C2OC32)O[Si](C)(CCC2CC3CC2C2OC32)O[Si](C)(CCC2CC3CC2C2OC32)O1. The highest BCUT2D eigenvalue weighted by atomic mass is 28.5. The van der Waals surface area contributed by atoms with Crippen molar-refractivity contribution in [1.29, 1.82) is 0 Å². The van der Waals surface area contributed by atoms with Crippen LogP contribution < -0.4 is 0 Å². The summed E-state index contributed by atoms with van der Waals surface area (Å²) in [6.07, 6.45) is 15.5.